The van der Waals surface area contributed by atoms with Crippen LogP contribution in [0.5, 0.6) is 5.75 Å². The number of hydrogen-bond donors (Lipinski definition) is 3. The highest BCUT2D eigenvalue weighted by molar-refractivity contribution is 5.92. The molecule has 0 bridgehead atoms. The summed E-state index contributed by atoms with van der Waals surface area (Å²) >= 11 is 0. The fraction of sp³-hybridized carbons (Fsp3) is 0.353. The molecule has 0 aromatic heterocycles. The van der Waals surface area contributed by atoms with Crippen LogP contribution in [-0.2, 0) is 43.3 Å². The first-order valence-corrected chi connectivity index (χ1v) is 14.5. The van der Waals surface area contributed by atoms with Crippen LogP contribution < -0.4 is 20.7 Å². The Hall–Kier alpha value is -4.86. The minimum Gasteiger partial charge on any atom is -0.489 e. The molecule has 0 unspecified atom stereocenters. The van der Waals surface area contributed by atoms with Gasteiger partial charge >= 0.3 is 12.1 Å². The first kappa shape index (κ1) is 33.6. The molecule has 3 N–H and O–H groups in total. The van der Waals surface area contributed by atoms with Gasteiger partial charge in [0.2, 0.25) is 11.8 Å². The van der Waals surface area contributed by atoms with E-state index in [4.69, 9.17) is 14.2 Å². The van der Waals surface area contributed by atoms with Crippen molar-refractivity contribution in [3.63, 3.8) is 0 Å². The Balaban J connectivity index is 1.68. The lowest BCUT2D eigenvalue weighted by atomic mass is 10.0. The summed E-state index contributed by atoms with van der Waals surface area (Å²) in [4.78, 5) is 51.2. The van der Waals surface area contributed by atoms with Gasteiger partial charge in [-0.05, 0) is 56.5 Å². The van der Waals surface area contributed by atoms with Gasteiger partial charge in [-0.15, -0.1) is 0 Å². The van der Waals surface area contributed by atoms with Gasteiger partial charge in [0, 0.05) is 12.8 Å². The van der Waals surface area contributed by atoms with E-state index >= 15 is 0 Å². The molecule has 10 heteroatoms. The van der Waals surface area contributed by atoms with Gasteiger partial charge in [0.05, 0.1) is 6.61 Å². The van der Waals surface area contributed by atoms with Gasteiger partial charge in [0.1, 0.15) is 36.6 Å². The molecule has 0 spiro atoms. The number of alkyl carbamates (subject to hydrolysis) is 1. The van der Waals surface area contributed by atoms with E-state index in [9.17, 15) is 19.2 Å². The largest absolute Gasteiger partial charge is 0.489 e. The molecular weight excluding hydrogens is 562 g/mol. The van der Waals surface area contributed by atoms with Crippen molar-refractivity contribution in [3.05, 3.63) is 102 Å². The minimum absolute atomic E-state index is 0.137. The third kappa shape index (κ3) is 12.2. The Labute approximate surface area is 258 Å². The number of rotatable bonds is 14. The Morgan fingerprint density at radius 2 is 1.30 bits per heavy atom. The summed E-state index contributed by atoms with van der Waals surface area (Å²) in [6.45, 7) is 6.98. The number of esters is 1. The predicted molar refractivity (Wildman–Crippen MR) is 166 cm³/mol. The molecular formula is C34H41N3O7. The first-order valence-electron chi connectivity index (χ1n) is 14.5. The topological polar surface area (TPSA) is 132 Å². The Morgan fingerprint density at radius 3 is 1.89 bits per heavy atom. The van der Waals surface area contributed by atoms with Gasteiger partial charge in [0.25, 0.3) is 0 Å². The minimum atomic E-state index is -1.03. The van der Waals surface area contributed by atoms with Crippen LogP contribution in [0.4, 0.5) is 4.79 Å². The van der Waals surface area contributed by atoms with Crippen molar-refractivity contribution in [2.45, 2.75) is 64.8 Å². The van der Waals surface area contributed by atoms with Crippen LogP contribution in [0.1, 0.15) is 44.4 Å². The average Bonchev–Trinajstić information content (AvgIpc) is 2.99. The summed E-state index contributed by atoms with van der Waals surface area (Å²) in [6, 6.07) is 24.2. The molecule has 0 aliphatic heterocycles. The van der Waals surface area contributed by atoms with Gasteiger partial charge in [-0.25, -0.2) is 9.59 Å². The molecule has 3 aromatic rings. The second-order valence-corrected chi connectivity index (χ2v) is 11.1. The van der Waals surface area contributed by atoms with E-state index in [0.29, 0.717) is 12.4 Å². The fourth-order valence-corrected chi connectivity index (χ4v) is 4.18. The zero-order valence-electron chi connectivity index (χ0n) is 25.6. The normalized spacial score (nSPS) is 12.3. The van der Waals surface area contributed by atoms with Crippen molar-refractivity contribution in [2.75, 3.05) is 13.2 Å². The van der Waals surface area contributed by atoms with Crippen LogP contribution in [0.3, 0.4) is 0 Å². The summed E-state index contributed by atoms with van der Waals surface area (Å²) in [6.07, 6.45) is -0.431. The van der Waals surface area contributed by atoms with Gasteiger partial charge in [0.15, 0.2) is 0 Å². The molecule has 3 rings (SSSR count). The highest BCUT2D eigenvalue weighted by Gasteiger charge is 2.28. The number of nitrogens with one attached hydrogen (secondary N) is 3. The average molecular weight is 604 g/mol. The summed E-state index contributed by atoms with van der Waals surface area (Å²) in [5.41, 5.74) is 1.89. The third-order valence-corrected chi connectivity index (χ3v) is 6.23. The summed E-state index contributed by atoms with van der Waals surface area (Å²) in [5.74, 6) is -1.09. The molecule has 0 heterocycles. The maximum absolute atomic E-state index is 13.5. The van der Waals surface area contributed by atoms with E-state index in [1.807, 2.05) is 72.8 Å². The van der Waals surface area contributed by atoms with Crippen LogP contribution in [-0.4, -0.2) is 54.7 Å². The van der Waals surface area contributed by atoms with Crippen molar-refractivity contribution < 1.29 is 33.4 Å². The second-order valence-electron chi connectivity index (χ2n) is 11.1. The standard InChI is InChI=1S/C34H41N3O7/c1-5-42-32(40)29(21-25-16-18-27(19-17-25)43-23-26-14-10-7-11-15-26)37-31(39)28(20-24-12-8-6-9-13-24)36-30(38)22-35-33(41)44-34(2,3)4/h6-19,28-29H,5,20-23H2,1-4H3,(H,35,41)(H,36,38)(H,37,39)/t28-,29-/m0/s1. The van der Waals surface area contributed by atoms with E-state index in [1.165, 1.54) is 0 Å². The number of benzene rings is 3. The molecule has 3 amide bonds. The summed E-state index contributed by atoms with van der Waals surface area (Å²) in [7, 11) is 0. The number of ether oxygens (including phenoxy) is 3. The number of carbonyl (C=O) groups is 4. The van der Waals surface area contributed by atoms with Crippen molar-refractivity contribution in [1.29, 1.82) is 0 Å². The van der Waals surface area contributed by atoms with Gasteiger partial charge in [-0.2, -0.15) is 0 Å². The maximum atomic E-state index is 13.5. The number of amides is 3. The van der Waals surface area contributed by atoms with E-state index in [2.05, 4.69) is 16.0 Å². The maximum Gasteiger partial charge on any atom is 0.408 e. The molecule has 10 nitrogen and oxygen atoms in total. The number of carbonyl (C=O) groups excluding carboxylic acids is 4. The van der Waals surface area contributed by atoms with Crippen molar-refractivity contribution in [3.8, 4) is 5.75 Å². The van der Waals surface area contributed by atoms with Crippen LogP contribution >= 0.6 is 0 Å². The van der Waals surface area contributed by atoms with Gasteiger partial charge in [-0.1, -0.05) is 72.8 Å². The smallest absolute Gasteiger partial charge is 0.408 e. The molecule has 0 radical (unpaired) electrons. The lowest BCUT2D eigenvalue weighted by Gasteiger charge is -2.23. The van der Waals surface area contributed by atoms with Crippen molar-refractivity contribution >= 4 is 23.9 Å². The van der Waals surface area contributed by atoms with Gasteiger partial charge < -0.3 is 30.2 Å². The monoisotopic (exact) mass is 603 g/mol. The van der Waals surface area contributed by atoms with Gasteiger partial charge in [-0.3, -0.25) is 9.59 Å². The quantitative estimate of drug-likeness (QED) is 0.236. The molecule has 0 saturated carbocycles. The van der Waals surface area contributed by atoms with Crippen molar-refractivity contribution in [1.82, 2.24) is 16.0 Å². The highest BCUT2D eigenvalue weighted by atomic mass is 16.6. The summed E-state index contributed by atoms with van der Waals surface area (Å²) < 4.78 is 16.3. The lowest BCUT2D eigenvalue weighted by Crippen LogP contribution is -2.54. The zero-order chi connectivity index (χ0) is 32.0. The van der Waals surface area contributed by atoms with Crippen LogP contribution in [0.2, 0.25) is 0 Å². The van der Waals surface area contributed by atoms with E-state index < -0.39 is 48.1 Å². The Morgan fingerprint density at radius 1 is 0.727 bits per heavy atom. The molecule has 0 fully saturated rings. The van der Waals surface area contributed by atoms with Crippen LogP contribution in [0.25, 0.3) is 0 Å². The first-order chi connectivity index (χ1) is 21.0. The molecule has 0 aliphatic carbocycles. The third-order valence-electron chi connectivity index (χ3n) is 6.23. The second kappa shape index (κ2) is 16.7. The molecule has 0 saturated heterocycles. The molecule has 234 valence electrons. The summed E-state index contributed by atoms with van der Waals surface area (Å²) in [5, 5.41) is 7.82. The molecule has 44 heavy (non-hydrogen) atoms. The van der Waals surface area contributed by atoms with E-state index in [0.717, 1.165) is 16.7 Å². The predicted octanol–water partition coefficient (Wildman–Crippen LogP) is 4.11. The zero-order valence-corrected chi connectivity index (χ0v) is 25.6. The van der Waals surface area contributed by atoms with Crippen LogP contribution in [0.15, 0.2) is 84.9 Å². The molecule has 0 aliphatic rings. The molecule has 3 aromatic carbocycles. The Bertz CT molecular complexity index is 1360. The Kier molecular flexibility index (Phi) is 12.8. The number of hydrogen-bond acceptors (Lipinski definition) is 7. The van der Waals surface area contributed by atoms with Crippen LogP contribution in [0, 0.1) is 0 Å². The SMILES string of the molecule is CCOC(=O)[C@H](Cc1ccc(OCc2ccccc2)cc1)NC(=O)[C@H](Cc1ccccc1)NC(=O)CNC(=O)OC(C)(C)C. The highest BCUT2D eigenvalue weighted by Crippen LogP contribution is 2.16. The van der Waals surface area contributed by atoms with E-state index in [-0.39, 0.29) is 19.4 Å². The molecule has 2 atom stereocenters. The van der Waals surface area contributed by atoms with E-state index in [1.54, 1.807) is 39.8 Å². The lowest BCUT2D eigenvalue weighted by molar-refractivity contribution is -0.147. The fourth-order valence-electron chi connectivity index (χ4n) is 4.18. The van der Waals surface area contributed by atoms with Crippen molar-refractivity contribution in [2.24, 2.45) is 0 Å².